The Morgan fingerprint density at radius 3 is 2.46 bits per heavy atom. The Bertz CT molecular complexity index is 1770. The van der Waals surface area contributed by atoms with Gasteiger partial charge >= 0.3 is 5.97 Å². The van der Waals surface area contributed by atoms with Gasteiger partial charge in [0.1, 0.15) is 22.9 Å². The second-order valence-corrected chi connectivity index (χ2v) is 10.8. The van der Waals surface area contributed by atoms with Crippen LogP contribution in [0.4, 0.5) is 8.78 Å². The molecule has 0 radical (unpaired) electrons. The van der Waals surface area contributed by atoms with Gasteiger partial charge in [0.25, 0.3) is 0 Å². The molecule has 0 aliphatic rings. The number of aryl methyl sites for hydroxylation is 1. The molecule has 3 aromatic carbocycles. The number of methoxy groups -OCH3 is 2. The Morgan fingerprint density at radius 2 is 1.80 bits per heavy atom. The van der Waals surface area contributed by atoms with Crippen LogP contribution in [-0.2, 0) is 11.8 Å². The van der Waals surface area contributed by atoms with E-state index in [1.165, 1.54) is 38.5 Å². The Labute approximate surface area is 238 Å². The third-order valence-electron chi connectivity index (χ3n) is 7.18. The van der Waals surface area contributed by atoms with Crippen LogP contribution in [0.3, 0.4) is 0 Å². The van der Waals surface area contributed by atoms with E-state index in [0.29, 0.717) is 46.3 Å². The molecule has 0 amide bonds. The highest BCUT2D eigenvalue weighted by Crippen LogP contribution is 2.48. The fraction of sp³-hybridized carbons (Fsp3) is 0.233. The number of fused-ring (bicyclic) bond motifs is 1. The van der Waals surface area contributed by atoms with Gasteiger partial charge in [-0.3, -0.25) is 0 Å². The number of carboxylic acids is 1. The van der Waals surface area contributed by atoms with E-state index in [1.807, 2.05) is 13.8 Å². The summed E-state index contributed by atoms with van der Waals surface area (Å²) in [5.41, 5.74) is 2.73. The molecule has 41 heavy (non-hydrogen) atoms. The molecule has 0 unspecified atom stereocenters. The molecular weight excluding hydrogens is 552 g/mol. The van der Waals surface area contributed by atoms with E-state index < -0.39 is 23.0 Å². The summed E-state index contributed by atoms with van der Waals surface area (Å²) in [5, 5.41) is 21.2. The number of aromatic nitrogens is 3. The average molecular weight is 580 g/mol. The van der Waals surface area contributed by atoms with Gasteiger partial charge in [0, 0.05) is 34.5 Å². The van der Waals surface area contributed by atoms with Crippen molar-refractivity contribution < 1.29 is 33.3 Å². The van der Waals surface area contributed by atoms with Gasteiger partial charge in [-0.1, -0.05) is 19.9 Å². The molecule has 0 bridgehead atoms. The Kier molecular flexibility index (Phi) is 7.39. The summed E-state index contributed by atoms with van der Waals surface area (Å²) in [7, 11) is 2.73. The molecule has 2 heterocycles. The lowest BCUT2D eigenvalue weighted by Crippen LogP contribution is -2.23. The van der Waals surface area contributed by atoms with Gasteiger partial charge in [0.2, 0.25) is 0 Å². The number of hydrogen-bond acceptors (Lipinski definition) is 7. The van der Waals surface area contributed by atoms with E-state index in [2.05, 4.69) is 8.75 Å². The molecule has 0 aliphatic carbocycles. The molecule has 0 saturated carbocycles. The largest absolute Gasteiger partial charge is 0.507 e. The highest BCUT2D eigenvalue weighted by Gasteiger charge is 2.34. The predicted molar refractivity (Wildman–Crippen MR) is 152 cm³/mol. The fourth-order valence-corrected chi connectivity index (χ4v) is 5.68. The van der Waals surface area contributed by atoms with E-state index in [0.717, 1.165) is 23.5 Å². The number of carboxylic acid groups (broad SMARTS) is 1. The zero-order chi connectivity index (χ0) is 29.5. The minimum Gasteiger partial charge on any atom is -0.507 e. The summed E-state index contributed by atoms with van der Waals surface area (Å²) >= 11 is 1.12. The zero-order valence-electron chi connectivity index (χ0n) is 22.7. The van der Waals surface area contributed by atoms with Gasteiger partial charge in [0.05, 0.1) is 48.7 Å². The van der Waals surface area contributed by atoms with Crippen LogP contribution in [0.1, 0.15) is 42.0 Å². The Hall–Kier alpha value is -4.51. The molecule has 5 rings (SSSR count). The third kappa shape index (κ3) is 5.08. The first-order valence-corrected chi connectivity index (χ1v) is 13.4. The summed E-state index contributed by atoms with van der Waals surface area (Å²) < 4.78 is 50.2. The molecule has 11 heteroatoms. The van der Waals surface area contributed by atoms with E-state index in [9.17, 15) is 23.8 Å². The van der Waals surface area contributed by atoms with Crippen molar-refractivity contribution in [2.75, 3.05) is 14.2 Å². The summed E-state index contributed by atoms with van der Waals surface area (Å²) in [6, 6.07) is 11.3. The van der Waals surface area contributed by atoms with Crippen LogP contribution in [0, 0.1) is 11.6 Å². The van der Waals surface area contributed by atoms with Crippen LogP contribution in [0.2, 0.25) is 0 Å². The van der Waals surface area contributed by atoms with Crippen LogP contribution >= 0.6 is 11.7 Å². The number of benzene rings is 3. The zero-order valence-corrected chi connectivity index (χ0v) is 23.6. The van der Waals surface area contributed by atoms with Crippen molar-refractivity contribution in [2.24, 2.45) is 0 Å². The first-order valence-electron chi connectivity index (χ1n) is 12.6. The first-order chi connectivity index (χ1) is 19.6. The second kappa shape index (κ2) is 10.8. The van der Waals surface area contributed by atoms with Crippen LogP contribution < -0.4 is 9.47 Å². The predicted octanol–water partition coefficient (Wildman–Crippen LogP) is 6.76. The van der Waals surface area contributed by atoms with E-state index in [1.54, 1.807) is 29.0 Å². The lowest BCUT2D eigenvalue weighted by atomic mass is 9.80. The maximum absolute atomic E-state index is 14.9. The minimum atomic E-state index is -1.16. The van der Waals surface area contributed by atoms with Crippen LogP contribution in [0.25, 0.3) is 27.7 Å². The lowest BCUT2D eigenvalue weighted by Gasteiger charge is -2.29. The van der Waals surface area contributed by atoms with Gasteiger partial charge in [-0.25, -0.2) is 13.6 Å². The van der Waals surface area contributed by atoms with Gasteiger partial charge in [0.15, 0.2) is 11.6 Å². The van der Waals surface area contributed by atoms with Crippen molar-refractivity contribution in [2.45, 2.75) is 32.1 Å². The molecule has 8 nitrogen and oxygen atoms in total. The molecule has 212 valence electrons. The molecule has 0 atom stereocenters. The van der Waals surface area contributed by atoms with Gasteiger partial charge in [-0.2, -0.15) is 8.75 Å². The van der Waals surface area contributed by atoms with Crippen LogP contribution in [-0.4, -0.2) is 43.7 Å². The van der Waals surface area contributed by atoms with Crippen LogP contribution in [0.15, 0.2) is 54.7 Å². The summed E-state index contributed by atoms with van der Waals surface area (Å²) in [5.74, 6) is -2.56. The number of rotatable bonds is 9. The number of carbonyl (C=O) groups is 1. The SMILES string of the molecule is COc1cc(-n2c(C(C)(C)CCc3cnsn3)c(-c3ccc(C(=O)O)c(OC)c3)c3c(O)cc(F)cc32)ccc1F. The van der Waals surface area contributed by atoms with E-state index >= 15 is 0 Å². The third-order valence-corrected chi connectivity index (χ3v) is 7.70. The Morgan fingerprint density at radius 1 is 1.05 bits per heavy atom. The number of hydrogen-bond donors (Lipinski definition) is 2. The number of halogens is 2. The van der Waals surface area contributed by atoms with Gasteiger partial charge < -0.3 is 24.3 Å². The molecule has 0 saturated heterocycles. The monoisotopic (exact) mass is 579 g/mol. The summed E-state index contributed by atoms with van der Waals surface area (Å²) in [4.78, 5) is 11.8. The molecule has 0 fully saturated rings. The van der Waals surface area contributed by atoms with Crippen molar-refractivity contribution in [3.8, 4) is 34.1 Å². The second-order valence-electron chi connectivity index (χ2n) is 10.2. The normalized spacial score (nSPS) is 11.7. The standard InChI is InChI=1S/C30H27F2N3O5S/c1-30(2,10-9-18-15-33-41-34-18)28-26(16-5-7-20(29(37)38)24(11-16)39-3)27-22(12-17(31)13-23(27)36)35(28)19-6-8-21(32)25(14-19)40-4/h5-8,11-15,36H,9-10H2,1-4H3,(H,37,38). The van der Waals surface area contributed by atoms with E-state index in [-0.39, 0.29) is 22.8 Å². The fourth-order valence-electron chi connectivity index (χ4n) is 5.22. The topological polar surface area (TPSA) is 107 Å². The van der Waals surface area contributed by atoms with Crippen LogP contribution in [0.5, 0.6) is 17.2 Å². The molecule has 2 aromatic heterocycles. The van der Waals surface area contributed by atoms with Crippen molar-refractivity contribution in [3.05, 3.63) is 83.3 Å². The summed E-state index contributed by atoms with van der Waals surface area (Å²) in [6.45, 7) is 4.02. The maximum atomic E-state index is 14.9. The lowest BCUT2D eigenvalue weighted by molar-refractivity contribution is 0.0693. The van der Waals surface area contributed by atoms with E-state index in [4.69, 9.17) is 9.47 Å². The van der Waals surface area contributed by atoms with Crippen molar-refractivity contribution in [1.29, 1.82) is 0 Å². The maximum Gasteiger partial charge on any atom is 0.339 e. The molecule has 0 spiro atoms. The van der Waals surface area contributed by atoms with Gasteiger partial charge in [-0.05, 0) is 48.7 Å². The Balaban J connectivity index is 1.89. The van der Waals surface area contributed by atoms with Gasteiger partial charge in [-0.15, -0.1) is 0 Å². The summed E-state index contributed by atoms with van der Waals surface area (Å²) in [6.07, 6.45) is 2.87. The quantitative estimate of drug-likeness (QED) is 0.199. The molecular formula is C30H27F2N3O5S. The molecule has 0 aliphatic heterocycles. The number of ether oxygens (including phenoxy) is 2. The number of phenolic OH excluding ortho intramolecular Hbond substituents is 1. The number of aromatic carboxylic acids is 1. The minimum absolute atomic E-state index is 0.00342. The van der Waals surface area contributed by atoms with Crippen molar-refractivity contribution >= 4 is 28.6 Å². The highest BCUT2D eigenvalue weighted by molar-refractivity contribution is 6.99. The first kappa shape index (κ1) is 28.0. The average Bonchev–Trinajstić information content (AvgIpc) is 3.58. The molecule has 2 N–H and O–H groups in total. The van der Waals surface area contributed by atoms with Crippen molar-refractivity contribution in [1.82, 2.24) is 13.3 Å². The highest BCUT2D eigenvalue weighted by atomic mass is 32.1. The molecule has 5 aromatic rings. The van der Waals surface area contributed by atoms with Crippen molar-refractivity contribution in [3.63, 3.8) is 0 Å². The number of nitrogens with zero attached hydrogens (tertiary/aromatic N) is 3. The number of aromatic hydroxyl groups is 1. The smallest absolute Gasteiger partial charge is 0.339 e. The number of phenols is 1.